The topological polar surface area (TPSA) is 15.8 Å². The van der Waals surface area contributed by atoms with Gasteiger partial charge in [0.15, 0.2) is 0 Å². The maximum Gasteiger partial charge on any atom is 0.0625 e. The van der Waals surface area contributed by atoms with Gasteiger partial charge in [-0.25, -0.2) is 0 Å². The summed E-state index contributed by atoms with van der Waals surface area (Å²) in [5.41, 5.74) is 1.07. The summed E-state index contributed by atoms with van der Waals surface area (Å²) in [4.78, 5) is 2.95. The van der Waals surface area contributed by atoms with E-state index in [2.05, 4.69) is 4.98 Å². The molecule has 0 radical (unpaired) electrons. The van der Waals surface area contributed by atoms with Crippen LogP contribution >= 0.6 is 24.0 Å². The van der Waals surface area contributed by atoms with Gasteiger partial charge in [0.2, 0.25) is 0 Å². The minimum Gasteiger partial charge on any atom is -0.364 e. The lowest BCUT2D eigenvalue weighted by atomic mass is 10.5. The van der Waals surface area contributed by atoms with Crippen molar-refractivity contribution in [3.8, 4) is 0 Å². The molecule has 8 heavy (non-hydrogen) atoms. The number of hydrogen-bond donors (Lipinski definition) is 1. The molecule has 1 heterocycles. The second-order valence-electron chi connectivity index (χ2n) is 1.33. The van der Waals surface area contributed by atoms with Crippen LogP contribution in [0.1, 0.15) is 5.69 Å². The van der Waals surface area contributed by atoms with Crippen LogP contribution < -0.4 is 0 Å². The normalized spacial score (nSPS) is 8.12. The van der Waals surface area contributed by atoms with Crippen LogP contribution in [-0.4, -0.2) is 4.98 Å². The monoisotopic (exact) mass is 151 g/mol. The summed E-state index contributed by atoms with van der Waals surface area (Å²) >= 11 is 5.44. The van der Waals surface area contributed by atoms with Crippen LogP contribution in [0.3, 0.4) is 0 Å². The predicted molar refractivity (Wildman–Crippen MR) is 37.6 cm³/mol. The van der Waals surface area contributed by atoms with Crippen molar-refractivity contribution in [2.75, 3.05) is 0 Å². The van der Waals surface area contributed by atoms with Crippen molar-refractivity contribution in [2.24, 2.45) is 0 Å². The highest BCUT2D eigenvalue weighted by molar-refractivity contribution is 6.16. The summed E-state index contributed by atoms with van der Waals surface area (Å²) in [5, 5.41) is 0. The van der Waals surface area contributed by atoms with Gasteiger partial charge >= 0.3 is 0 Å². The van der Waals surface area contributed by atoms with E-state index in [9.17, 15) is 0 Å². The van der Waals surface area contributed by atoms with Crippen molar-refractivity contribution in [3.63, 3.8) is 0 Å². The molecule has 0 aromatic carbocycles. The predicted octanol–water partition coefficient (Wildman–Crippen LogP) is 2.18. The van der Waals surface area contributed by atoms with Gasteiger partial charge in [0.1, 0.15) is 0 Å². The quantitative estimate of drug-likeness (QED) is 0.593. The van der Waals surface area contributed by atoms with Crippen LogP contribution in [0.25, 0.3) is 0 Å². The molecule has 1 nitrogen and oxygen atoms in total. The Bertz CT molecular complexity index is 125. The van der Waals surface area contributed by atoms with Gasteiger partial charge in [-0.3, -0.25) is 0 Å². The Labute approximate surface area is 59.5 Å². The Balaban J connectivity index is 0.000000490. The molecule has 0 unspecified atom stereocenters. The summed E-state index contributed by atoms with van der Waals surface area (Å²) < 4.78 is 0. The highest BCUT2D eigenvalue weighted by Crippen LogP contribution is 1.96. The Hall–Kier alpha value is -0.140. The molecule has 1 rings (SSSR count). The van der Waals surface area contributed by atoms with Gasteiger partial charge in [0.25, 0.3) is 0 Å². The molecule has 0 atom stereocenters. The van der Waals surface area contributed by atoms with Crippen molar-refractivity contribution >= 4 is 24.0 Å². The van der Waals surface area contributed by atoms with Crippen molar-refractivity contribution in [2.45, 2.75) is 5.88 Å². The van der Waals surface area contributed by atoms with Gasteiger partial charge in [-0.1, -0.05) is 0 Å². The molecule has 1 N–H and O–H groups in total. The third kappa shape index (κ3) is 1.76. The molecule has 1 aromatic rings. The van der Waals surface area contributed by atoms with Crippen molar-refractivity contribution < 1.29 is 0 Å². The molecule has 0 aliphatic heterocycles. The SMILES string of the molecule is Cl.ClCc1ccc[nH]1. The molecule has 0 aliphatic carbocycles. The van der Waals surface area contributed by atoms with Gasteiger partial charge in [0.05, 0.1) is 5.88 Å². The third-order valence-corrected chi connectivity index (χ3v) is 1.09. The number of aromatic amines is 1. The average Bonchev–Trinajstić information content (AvgIpc) is 2.14. The summed E-state index contributed by atoms with van der Waals surface area (Å²) in [5.74, 6) is 0.576. The van der Waals surface area contributed by atoms with Gasteiger partial charge in [0, 0.05) is 11.9 Å². The maximum atomic E-state index is 5.44. The van der Waals surface area contributed by atoms with Crippen molar-refractivity contribution in [1.29, 1.82) is 0 Å². The number of nitrogens with one attached hydrogen (secondary N) is 1. The average molecular weight is 152 g/mol. The number of alkyl halides is 1. The lowest BCUT2D eigenvalue weighted by Crippen LogP contribution is -1.70. The van der Waals surface area contributed by atoms with Crippen molar-refractivity contribution in [1.82, 2.24) is 4.98 Å². The van der Waals surface area contributed by atoms with E-state index in [4.69, 9.17) is 11.6 Å². The molecule has 0 spiro atoms. The molecule has 3 heteroatoms. The first-order valence-electron chi connectivity index (χ1n) is 2.11. The number of aromatic nitrogens is 1. The smallest absolute Gasteiger partial charge is 0.0625 e. The molecule has 1 aromatic heterocycles. The zero-order chi connectivity index (χ0) is 5.11. The minimum atomic E-state index is 0. The molecule has 0 bridgehead atoms. The number of H-pyrrole nitrogens is 1. The fourth-order valence-corrected chi connectivity index (χ4v) is 0.617. The molecule has 0 fully saturated rings. The second-order valence-corrected chi connectivity index (χ2v) is 1.60. The molecule has 0 saturated carbocycles. The second kappa shape index (κ2) is 3.81. The summed E-state index contributed by atoms with van der Waals surface area (Å²) in [6, 6.07) is 3.88. The Morgan fingerprint density at radius 3 is 2.62 bits per heavy atom. The van der Waals surface area contributed by atoms with Crippen LogP contribution in [0.2, 0.25) is 0 Å². The van der Waals surface area contributed by atoms with E-state index in [0.29, 0.717) is 5.88 Å². The highest BCUT2D eigenvalue weighted by Gasteiger charge is 1.82. The van der Waals surface area contributed by atoms with E-state index < -0.39 is 0 Å². The Kier molecular flexibility index (Phi) is 3.75. The number of halogens is 2. The van der Waals surface area contributed by atoms with E-state index in [1.807, 2.05) is 18.3 Å². The first kappa shape index (κ1) is 7.86. The molecule has 46 valence electrons. The molecule has 0 saturated heterocycles. The first-order chi connectivity index (χ1) is 3.43. The van der Waals surface area contributed by atoms with E-state index in [1.54, 1.807) is 0 Å². The molecule has 0 aliphatic rings. The van der Waals surface area contributed by atoms with Gasteiger partial charge < -0.3 is 4.98 Å². The van der Waals surface area contributed by atoms with E-state index in [0.717, 1.165) is 5.69 Å². The summed E-state index contributed by atoms with van der Waals surface area (Å²) in [6.45, 7) is 0. The zero-order valence-electron chi connectivity index (χ0n) is 4.23. The molecular formula is C5H7Cl2N. The Morgan fingerprint density at radius 1 is 1.62 bits per heavy atom. The Morgan fingerprint density at radius 2 is 2.38 bits per heavy atom. The zero-order valence-corrected chi connectivity index (χ0v) is 5.80. The van der Waals surface area contributed by atoms with Crippen LogP contribution in [0.5, 0.6) is 0 Å². The maximum absolute atomic E-state index is 5.44. The third-order valence-electron chi connectivity index (χ3n) is 0.806. The standard InChI is InChI=1S/C5H6ClN.ClH/c6-4-5-2-1-3-7-5;/h1-3,7H,4H2;1H. The first-order valence-corrected chi connectivity index (χ1v) is 2.65. The van der Waals surface area contributed by atoms with Gasteiger partial charge in [-0.05, 0) is 12.1 Å². The van der Waals surface area contributed by atoms with Gasteiger partial charge in [-0.2, -0.15) is 0 Å². The van der Waals surface area contributed by atoms with Crippen molar-refractivity contribution in [3.05, 3.63) is 24.0 Å². The lowest BCUT2D eigenvalue weighted by Gasteiger charge is -1.79. The number of rotatable bonds is 1. The molecular weight excluding hydrogens is 145 g/mol. The summed E-state index contributed by atoms with van der Waals surface area (Å²) in [7, 11) is 0. The van der Waals surface area contributed by atoms with Crippen LogP contribution in [-0.2, 0) is 5.88 Å². The highest BCUT2D eigenvalue weighted by atomic mass is 35.5. The van der Waals surface area contributed by atoms with Crippen LogP contribution in [0.4, 0.5) is 0 Å². The number of hydrogen-bond acceptors (Lipinski definition) is 0. The van der Waals surface area contributed by atoms with E-state index in [-0.39, 0.29) is 12.4 Å². The summed E-state index contributed by atoms with van der Waals surface area (Å²) in [6.07, 6.45) is 1.86. The fourth-order valence-electron chi connectivity index (χ4n) is 0.451. The minimum absolute atomic E-state index is 0. The fraction of sp³-hybridized carbons (Fsp3) is 0.200. The van der Waals surface area contributed by atoms with E-state index >= 15 is 0 Å². The van der Waals surface area contributed by atoms with Crippen LogP contribution in [0, 0.1) is 0 Å². The lowest BCUT2D eigenvalue weighted by molar-refractivity contribution is 1.23. The van der Waals surface area contributed by atoms with Crippen LogP contribution in [0.15, 0.2) is 18.3 Å². The molecule has 0 amide bonds. The van der Waals surface area contributed by atoms with Gasteiger partial charge in [-0.15, -0.1) is 24.0 Å². The van der Waals surface area contributed by atoms with E-state index in [1.165, 1.54) is 0 Å². The largest absolute Gasteiger partial charge is 0.364 e.